The Balaban J connectivity index is 1.73. The predicted molar refractivity (Wildman–Crippen MR) is 73.1 cm³/mol. The second-order valence-electron chi connectivity index (χ2n) is 4.89. The number of hydrogen-bond donors (Lipinski definition) is 1. The number of methoxy groups -OCH3 is 1. The number of nitrogens with one attached hydrogen (secondary N) is 1. The molecule has 100 valence electrons. The summed E-state index contributed by atoms with van der Waals surface area (Å²) in [5.41, 5.74) is 1.30. The molecule has 1 aliphatic heterocycles. The fourth-order valence-electron chi connectivity index (χ4n) is 2.36. The number of hydrogen-bond acceptors (Lipinski definition) is 3. The first-order valence-electron chi connectivity index (χ1n) is 6.77. The quantitative estimate of drug-likeness (QED) is 0.869. The SMILES string of the molecule is COc1ccc(CCOC2CCCNC2C)cc1. The zero-order valence-electron chi connectivity index (χ0n) is 11.3. The van der Waals surface area contributed by atoms with E-state index in [4.69, 9.17) is 9.47 Å². The molecule has 1 saturated heterocycles. The predicted octanol–water partition coefficient (Wildman–Crippen LogP) is 2.39. The van der Waals surface area contributed by atoms with Gasteiger partial charge in [0.15, 0.2) is 0 Å². The molecule has 1 aromatic rings. The molecule has 3 heteroatoms. The van der Waals surface area contributed by atoms with Crippen molar-refractivity contribution in [3.05, 3.63) is 29.8 Å². The maximum absolute atomic E-state index is 5.96. The Kier molecular flexibility index (Phi) is 5.02. The van der Waals surface area contributed by atoms with E-state index in [0.29, 0.717) is 12.1 Å². The molecule has 18 heavy (non-hydrogen) atoms. The van der Waals surface area contributed by atoms with Crippen molar-refractivity contribution in [2.75, 3.05) is 20.3 Å². The second kappa shape index (κ2) is 6.76. The van der Waals surface area contributed by atoms with Crippen molar-refractivity contribution in [1.82, 2.24) is 5.32 Å². The van der Waals surface area contributed by atoms with E-state index < -0.39 is 0 Å². The van der Waals surface area contributed by atoms with Crippen LogP contribution < -0.4 is 10.1 Å². The first-order chi connectivity index (χ1) is 8.79. The van der Waals surface area contributed by atoms with Crippen molar-refractivity contribution in [2.45, 2.75) is 38.3 Å². The molecule has 0 amide bonds. The fourth-order valence-corrected chi connectivity index (χ4v) is 2.36. The van der Waals surface area contributed by atoms with Gasteiger partial charge in [-0.3, -0.25) is 0 Å². The minimum atomic E-state index is 0.372. The molecule has 0 saturated carbocycles. The summed E-state index contributed by atoms with van der Waals surface area (Å²) in [4.78, 5) is 0. The van der Waals surface area contributed by atoms with Crippen molar-refractivity contribution in [2.24, 2.45) is 0 Å². The van der Waals surface area contributed by atoms with Gasteiger partial charge in [0.05, 0.1) is 19.8 Å². The zero-order chi connectivity index (χ0) is 12.8. The third-order valence-electron chi connectivity index (χ3n) is 3.57. The van der Waals surface area contributed by atoms with Gasteiger partial charge in [0.25, 0.3) is 0 Å². The summed E-state index contributed by atoms with van der Waals surface area (Å²) in [6, 6.07) is 8.69. The largest absolute Gasteiger partial charge is 0.497 e. The third kappa shape index (κ3) is 3.72. The van der Waals surface area contributed by atoms with Crippen LogP contribution >= 0.6 is 0 Å². The van der Waals surface area contributed by atoms with E-state index >= 15 is 0 Å². The van der Waals surface area contributed by atoms with Crippen LogP contribution in [0.15, 0.2) is 24.3 Å². The van der Waals surface area contributed by atoms with Gasteiger partial charge in [-0.1, -0.05) is 12.1 Å². The Bertz CT molecular complexity index is 350. The molecule has 0 bridgehead atoms. The average Bonchev–Trinajstić information content (AvgIpc) is 2.42. The molecule has 0 spiro atoms. The summed E-state index contributed by atoms with van der Waals surface area (Å²) < 4.78 is 11.1. The second-order valence-corrected chi connectivity index (χ2v) is 4.89. The van der Waals surface area contributed by atoms with E-state index in [-0.39, 0.29) is 0 Å². The first kappa shape index (κ1) is 13.4. The Morgan fingerprint density at radius 1 is 1.28 bits per heavy atom. The molecule has 0 radical (unpaired) electrons. The summed E-state index contributed by atoms with van der Waals surface area (Å²) in [7, 11) is 1.69. The third-order valence-corrected chi connectivity index (χ3v) is 3.57. The minimum absolute atomic E-state index is 0.372. The lowest BCUT2D eigenvalue weighted by atomic mass is 10.0. The molecule has 2 unspecified atom stereocenters. The summed E-state index contributed by atoms with van der Waals surface area (Å²) in [6.45, 7) is 4.12. The normalized spacial score (nSPS) is 23.9. The summed E-state index contributed by atoms with van der Waals surface area (Å²) in [6.07, 6.45) is 3.73. The fraction of sp³-hybridized carbons (Fsp3) is 0.600. The van der Waals surface area contributed by atoms with E-state index in [2.05, 4.69) is 24.4 Å². The van der Waals surface area contributed by atoms with E-state index in [1.54, 1.807) is 7.11 Å². The lowest BCUT2D eigenvalue weighted by molar-refractivity contribution is 0.0144. The molecule has 1 N–H and O–H groups in total. The van der Waals surface area contributed by atoms with Crippen LogP contribution in [0.2, 0.25) is 0 Å². The van der Waals surface area contributed by atoms with E-state index in [1.165, 1.54) is 18.4 Å². The first-order valence-corrected chi connectivity index (χ1v) is 6.77. The van der Waals surface area contributed by atoms with Gasteiger partial charge in [0, 0.05) is 6.04 Å². The Hall–Kier alpha value is -1.06. The highest BCUT2D eigenvalue weighted by molar-refractivity contribution is 5.27. The summed E-state index contributed by atoms with van der Waals surface area (Å²) >= 11 is 0. The lowest BCUT2D eigenvalue weighted by Crippen LogP contribution is -2.44. The van der Waals surface area contributed by atoms with Gasteiger partial charge in [0.2, 0.25) is 0 Å². The van der Waals surface area contributed by atoms with Crippen LogP contribution in [-0.2, 0) is 11.2 Å². The topological polar surface area (TPSA) is 30.5 Å². The van der Waals surface area contributed by atoms with E-state index in [1.807, 2.05) is 12.1 Å². The van der Waals surface area contributed by atoms with Crippen molar-refractivity contribution in [3.8, 4) is 5.75 Å². The molecule has 2 rings (SSSR count). The summed E-state index contributed by atoms with van der Waals surface area (Å²) in [5, 5.41) is 3.45. The Labute approximate surface area is 109 Å². The number of ether oxygens (including phenoxy) is 2. The molecular weight excluding hydrogens is 226 g/mol. The molecule has 1 fully saturated rings. The van der Waals surface area contributed by atoms with Crippen LogP contribution in [0.25, 0.3) is 0 Å². The average molecular weight is 249 g/mol. The highest BCUT2D eigenvalue weighted by Gasteiger charge is 2.20. The van der Waals surface area contributed by atoms with Gasteiger partial charge in [-0.25, -0.2) is 0 Å². The monoisotopic (exact) mass is 249 g/mol. The molecule has 2 atom stereocenters. The maximum Gasteiger partial charge on any atom is 0.118 e. The van der Waals surface area contributed by atoms with Crippen LogP contribution in [0.5, 0.6) is 5.75 Å². The maximum atomic E-state index is 5.96. The van der Waals surface area contributed by atoms with E-state index in [9.17, 15) is 0 Å². The Morgan fingerprint density at radius 2 is 2.06 bits per heavy atom. The lowest BCUT2D eigenvalue weighted by Gasteiger charge is -2.29. The smallest absolute Gasteiger partial charge is 0.118 e. The molecule has 1 aromatic carbocycles. The van der Waals surface area contributed by atoms with Crippen LogP contribution in [0.1, 0.15) is 25.3 Å². The minimum Gasteiger partial charge on any atom is -0.497 e. The molecule has 3 nitrogen and oxygen atoms in total. The molecular formula is C15H23NO2. The van der Waals surface area contributed by atoms with Gasteiger partial charge in [-0.15, -0.1) is 0 Å². The highest BCUT2D eigenvalue weighted by atomic mass is 16.5. The van der Waals surface area contributed by atoms with E-state index in [0.717, 1.165) is 25.3 Å². The zero-order valence-corrected chi connectivity index (χ0v) is 11.3. The number of piperidine rings is 1. The van der Waals surface area contributed by atoms with Gasteiger partial charge >= 0.3 is 0 Å². The van der Waals surface area contributed by atoms with Gasteiger partial charge in [0.1, 0.15) is 5.75 Å². The van der Waals surface area contributed by atoms with Crippen LogP contribution in [0.4, 0.5) is 0 Å². The molecule has 0 aromatic heterocycles. The van der Waals surface area contributed by atoms with Gasteiger partial charge < -0.3 is 14.8 Å². The number of benzene rings is 1. The Morgan fingerprint density at radius 3 is 2.72 bits per heavy atom. The van der Waals surface area contributed by atoms with Gasteiger partial charge in [-0.2, -0.15) is 0 Å². The van der Waals surface area contributed by atoms with Crippen LogP contribution in [0, 0.1) is 0 Å². The highest BCUT2D eigenvalue weighted by Crippen LogP contribution is 2.14. The molecule has 1 heterocycles. The molecule has 0 aliphatic carbocycles. The van der Waals surface area contributed by atoms with Crippen LogP contribution in [-0.4, -0.2) is 32.4 Å². The van der Waals surface area contributed by atoms with Crippen molar-refractivity contribution in [1.29, 1.82) is 0 Å². The van der Waals surface area contributed by atoms with Gasteiger partial charge in [-0.05, 0) is 50.4 Å². The number of rotatable bonds is 5. The van der Waals surface area contributed by atoms with Crippen molar-refractivity contribution in [3.63, 3.8) is 0 Å². The van der Waals surface area contributed by atoms with Crippen LogP contribution in [0.3, 0.4) is 0 Å². The van der Waals surface area contributed by atoms with Crippen molar-refractivity contribution < 1.29 is 9.47 Å². The van der Waals surface area contributed by atoms with Crippen molar-refractivity contribution >= 4 is 0 Å². The standard InChI is InChI=1S/C15H23NO2/c1-12-15(4-3-10-16-12)18-11-9-13-5-7-14(17-2)8-6-13/h5-8,12,15-16H,3-4,9-11H2,1-2H3. The summed E-state index contributed by atoms with van der Waals surface area (Å²) in [5.74, 6) is 0.907. The molecule has 1 aliphatic rings.